The van der Waals surface area contributed by atoms with Crippen molar-refractivity contribution in [2.45, 2.75) is 25.7 Å². The van der Waals surface area contributed by atoms with E-state index in [1.807, 2.05) is 12.1 Å². The molecule has 100 valence electrons. The van der Waals surface area contributed by atoms with E-state index >= 15 is 0 Å². The van der Waals surface area contributed by atoms with Crippen LogP contribution in [0.15, 0.2) is 48.5 Å². The maximum atomic E-state index is 5.93. The lowest BCUT2D eigenvalue weighted by molar-refractivity contribution is 0.694. The molecule has 0 saturated carbocycles. The van der Waals surface area contributed by atoms with Crippen LogP contribution < -0.4 is 5.73 Å². The molecule has 0 saturated heterocycles. The van der Waals surface area contributed by atoms with Gasteiger partial charge in [0.2, 0.25) is 0 Å². The summed E-state index contributed by atoms with van der Waals surface area (Å²) in [4.78, 5) is 0. The number of rotatable bonds is 5. The summed E-state index contributed by atoms with van der Waals surface area (Å²) in [5.41, 5.74) is 9.89. The molecule has 0 radical (unpaired) electrons. The zero-order valence-electron chi connectivity index (χ0n) is 11.3. The van der Waals surface area contributed by atoms with Gasteiger partial charge in [0.25, 0.3) is 0 Å². The van der Waals surface area contributed by atoms with Gasteiger partial charge < -0.3 is 5.73 Å². The Kier molecular flexibility index (Phi) is 5.00. The van der Waals surface area contributed by atoms with E-state index in [4.69, 9.17) is 17.3 Å². The van der Waals surface area contributed by atoms with Crippen LogP contribution in [0, 0.1) is 0 Å². The summed E-state index contributed by atoms with van der Waals surface area (Å²) in [6, 6.07) is 16.8. The van der Waals surface area contributed by atoms with E-state index in [2.05, 4.69) is 43.3 Å². The highest BCUT2D eigenvalue weighted by Crippen LogP contribution is 2.21. The zero-order chi connectivity index (χ0) is 13.7. The van der Waals surface area contributed by atoms with Gasteiger partial charge in [-0.25, -0.2) is 0 Å². The molecule has 19 heavy (non-hydrogen) atoms. The van der Waals surface area contributed by atoms with Crippen molar-refractivity contribution in [3.8, 4) is 0 Å². The molecule has 0 bridgehead atoms. The predicted molar refractivity (Wildman–Crippen MR) is 82.8 cm³/mol. The Morgan fingerprint density at radius 3 is 2.05 bits per heavy atom. The first-order chi connectivity index (χ1) is 9.22. The van der Waals surface area contributed by atoms with Crippen LogP contribution in [0.4, 0.5) is 0 Å². The summed E-state index contributed by atoms with van der Waals surface area (Å²) in [6.45, 7) is 2.83. The predicted octanol–water partition coefficient (Wildman–Crippen LogP) is 4.19. The average Bonchev–Trinajstić information content (AvgIpc) is 2.47. The molecule has 1 unspecified atom stereocenters. The highest BCUT2D eigenvalue weighted by molar-refractivity contribution is 6.30. The maximum Gasteiger partial charge on any atom is 0.0406 e. The molecule has 2 N–H and O–H groups in total. The van der Waals surface area contributed by atoms with Gasteiger partial charge in [-0.3, -0.25) is 0 Å². The lowest BCUT2D eigenvalue weighted by Crippen LogP contribution is -2.15. The molecule has 2 rings (SSSR count). The highest BCUT2D eigenvalue weighted by Gasteiger charge is 2.10. The van der Waals surface area contributed by atoms with E-state index in [1.54, 1.807) is 0 Å². The number of nitrogens with two attached hydrogens (primary N) is 1. The van der Waals surface area contributed by atoms with Crippen molar-refractivity contribution < 1.29 is 0 Å². The second-order valence-electron chi connectivity index (χ2n) is 4.86. The Balaban J connectivity index is 2.12. The van der Waals surface area contributed by atoms with Gasteiger partial charge in [-0.2, -0.15) is 0 Å². The second-order valence-corrected chi connectivity index (χ2v) is 5.29. The lowest BCUT2D eigenvalue weighted by atomic mass is 9.91. The van der Waals surface area contributed by atoms with Crippen molar-refractivity contribution >= 4 is 11.6 Å². The van der Waals surface area contributed by atoms with Crippen LogP contribution in [0.2, 0.25) is 5.02 Å². The van der Waals surface area contributed by atoms with Crippen molar-refractivity contribution in [3.05, 3.63) is 70.2 Å². The van der Waals surface area contributed by atoms with Crippen LogP contribution in [0.1, 0.15) is 29.5 Å². The first-order valence-electron chi connectivity index (χ1n) is 6.76. The number of benzene rings is 2. The van der Waals surface area contributed by atoms with Crippen LogP contribution in [-0.2, 0) is 12.8 Å². The molecule has 2 heteroatoms. The average molecular weight is 274 g/mol. The van der Waals surface area contributed by atoms with Gasteiger partial charge in [-0.15, -0.1) is 0 Å². The molecule has 2 aromatic rings. The van der Waals surface area contributed by atoms with Crippen LogP contribution in [0.3, 0.4) is 0 Å². The minimum Gasteiger partial charge on any atom is -0.330 e. The van der Waals surface area contributed by atoms with Crippen LogP contribution >= 0.6 is 11.6 Å². The van der Waals surface area contributed by atoms with Gasteiger partial charge in [0.05, 0.1) is 0 Å². The van der Waals surface area contributed by atoms with Crippen molar-refractivity contribution in [1.82, 2.24) is 0 Å². The Hall–Kier alpha value is -1.31. The summed E-state index contributed by atoms with van der Waals surface area (Å²) < 4.78 is 0. The van der Waals surface area contributed by atoms with Crippen LogP contribution in [0.25, 0.3) is 0 Å². The number of halogens is 1. The van der Waals surface area contributed by atoms with E-state index in [-0.39, 0.29) is 0 Å². The Morgan fingerprint density at radius 2 is 1.53 bits per heavy atom. The fourth-order valence-corrected chi connectivity index (χ4v) is 2.39. The molecule has 1 atom stereocenters. The van der Waals surface area contributed by atoms with Crippen molar-refractivity contribution in [2.75, 3.05) is 6.54 Å². The third-order valence-electron chi connectivity index (χ3n) is 3.54. The minimum atomic E-state index is 0.368. The Morgan fingerprint density at radius 1 is 0.947 bits per heavy atom. The third kappa shape index (κ3) is 3.82. The van der Waals surface area contributed by atoms with Crippen molar-refractivity contribution in [3.63, 3.8) is 0 Å². The summed E-state index contributed by atoms with van der Waals surface area (Å²) in [5, 5.41) is 0.778. The topological polar surface area (TPSA) is 26.0 Å². The molecule has 0 fully saturated rings. The summed E-state index contributed by atoms with van der Waals surface area (Å²) in [7, 11) is 0. The van der Waals surface area contributed by atoms with Gasteiger partial charge in [0, 0.05) is 10.9 Å². The second kappa shape index (κ2) is 6.74. The SMILES string of the molecule is CCc1ccc(C(CN)Cc2ccc(Cl)cc2)cc1. The van der Waals surface area contributed by atoms with Crippen molar-refractivity contribution in [2.24, 2.45) is 5.73 Å². The third-order valence-corrected chi connectivity index (χ3v) is 3.79. The Bertz CT molecular complexity index is 502. The quantitative estimate of drug-likeness (QED) is 0.869. The van der Waals surface area contributed by atoms with Gasteiger partial charge in [-0.05, 0) is 48.2 Å². The zero-order valence-corrected chi connectivity index (χ0v) is 12.0. The fraction of sp³-hybridized carbons (Fsp3) is 0.294. The van der Waals surface area contributed by atoms with Gasteiger partial charge >= 0.3 is 0 Å². The molecule has 0 heterocycles. The fourth-order valence-electron chi connectivity index (χ4n) is 2.27. The van der Waals surface area contributed by atoms with Gasteiger partial charge in [0.15, 0.2) is 0 Å². The normalized spacial score (nSPS) is 12.4. The molecule has 1 nitrogen and oxygen atoms in total. The maximum absolute atomic E-state index is 5.93. The monoisotopic (exact) mass is 273 g/mol. The summed E-state index contributed by atoms with van der Waals surface area (Å²) in [6.07, 6.45) is 2.03. The molecule has 2 aromatic carbocycles. The van der Waals surface area contributed by atoms with E-state index in [0.29, 0.717) is 12.5 Å². The number of hydrogen-bond acceptors (Lipinski definition) is 1. The first-order valence-corrected chi connectivity index (χ1v) is 7.14. The van der Waals surface area contributed by atoms with Crippen molar-refractivity contribution in [1.29, 1.82) is 0 Å². The first kappa shape index (κ1) is 14.1. The van der Waals surface area contributed by atoms with E-state index in [9.17, 15) is 0 Å². The van der Waals surface area contributed by atoms with Gasteiger partial charge in [0.1, 0.15) is 0 Å². The lowest BCUT2D eigenvalue weighted by Gasteiger charge is -2.16. The molecule has 0 aliphatic heterocycles. The molecule has 0 spiro atoms. The number of aryl methyl sites for hydroxylation is 1. The molecule has 0 aliphatic rings. The smallest absolute Gasteiger partial charge is 0.0406 e. The molecule has 0 aliphatic carbocycles. The van der Waals surface area contributed by atoms with Crippen LogP contribution in [-0.4, -0.2) is 6.54 Å². The van der Waals surface area contributed by atoms with Gasteiger partial charge in [-0.1, -0.05) is 54.9 Å². The van der Waals surface area contributed by atoms with E-state index in [1.165, 1.54) is 16.7 Å². The summed E-state index contributed by atoms with van der Waals surface area (Å²) >= 11 is 5.91. The van der Waals surface area contributed by atoms with E-state index < -0.39 is 0 Å². The Labute approximate surface area is 120 Å². The molecule has 0 amide bonds. The highest BCUT2D eigenvalue weighted by atomic mass is 35.5. The molecular weight excluding hydrogens is 254 g/mol. The molecular formula is C17H20ClN. The van der Waals surface area contributed by atoms with Crippen LogP contribution in [0.5, 0.6) is 0 Å². The van der Waals surface area contributed by atoms with E-state index in [0.717, 1.165) is 17.9 Å². The standard InChI is InChI=1S/C17H20ClN/c1-2-13-3-7-15(8-4-13)16(12-19)11-14-5-9-17(18)10-6-14/h3-10,16H,2,11-12,19H2,1H3. The largest absolute Gasteiger partial charge is 0.330 e. The minimum absolute atomic E-state index is 0.368. The number of hydrogen-bond donors (Lipinski definition) is 1. The summed E-state index contributed by atoms with van der Waals surface area (Å²) in [5.74, 6) is 0.368. The molecule has 0 aromatic heterocycles.